The predicted molar refractivity (Wildman–Crippen MR) is 123 cm³/mol. The molecule has 1 aliphatic heterocycles. The molecule has 0 radical (unpaired) electrons. The van der Waals surface area contributed by atoms with Gasteiger partial charge in [-0.2, -0.15) is 9.40 Å². The molecule has 1 aliphatic rings. The number of aromatic nitrogens is 2. The molecule has 1 saturated heterocycles. The molecular formula is C24H28N4O3S. The van der Waals surface area contributed by atoms with E-state index in [0.717, 1.165) is 17.7 Å². The number of benzene rings is 2. The Labute approximate surface area is 189 Å². The van der Waals surface area contributed by atoms with Gasteiger partial charge in [0.15, 0.2) is 0 Å². The van der Waals surface area contributed by atoms with Gasteiger partial charge in [0.25, 0.3) is 5.91 Å². The topological polar surface area (TPSA) is 84.3 Å². The number of sulfonamides is 1. The van der Waals surface area contributed by atoms with E-state index in [1.165, 1.54) is 12.1 Å². The van der Waals surface area contributed by atoms with Crippen molar-refractivity contribution < 1.29 is 13.2 Å². The number of carbonyl (C=O) groups excluding carboxylic acids is 1. The molecule has 7 nitrogen and oxygen atoms in total. The van der Waals surface area contributed by atoms with Crippen LogP contribution in [0, 0.1) is 11.8 Å². The first kappa shape index (κ1) is 22.2. The quantitative estimate of drug-likeness (QED) is 0.621. The summed E-state index contributed by atoms with van der Waals surface area (Å²) in [5.41, 5.74) is 2.33. The van der Waals surface area contributed by atoms with Gasteiger partial charge in [0.05, 0.1) is 10.6 Å². The lowest BCUT2D eigenvalue weighted by molar-refractivity contribution is 0.0951. The molecule has 2 unspecified atom stereocenters. The van der Waals surface area contributed by atoms with Crippen LogP contribution < -0.4 is 5.32 Å². The van der Waals surface area contributed by atoms with Crippen molar-refractivity contribution in [3.8, 4) is 5.69 Å². The minimum Gasteiger partial charge on any atom is -0.348 e. The van der Waals surface area contributed by atoms with Crippen LogP contribution >= 0.6 is 0 Å². The Balaban J connectivity index is 1.38. The van der Waals surface area contributed by atoms with Crippen LogP contribution in [0.25, 0.3) is 5.69 Å². The van der Waals surface area contributed by atoms with E-state index in [-0.39, 0.29) is 10.8 Å². The Morgan fingerprint density at radius 1 is 1.03 bits per heavy atom. The zero-order valence-corrected chi connectivity index (χ0v) is 19.1. The van der Waals surface area contributed by atoms with Crippen molar-refractivity contribution >= 4 is 15.9 Å². The summed E-state index contributed by atoms with van der Waals surface area (Å²) in [7, 11) is -3.55. The molecule has 168 valence electrons. The van der Waals surface area contributed by atoms with Gasteiger partial charge in [0, 0.05) is 37.6 Å². The van der Waals surface area contributed by atoms with Gasteiger partial charge in [0.2, 0.25) is 10.0 Å². The molecule has 2 atom stereocenters. The highest BCUT2D eigenvalue weighted by Gasteiger charge is 2.31. The van der Waals surface area contributed by atoms with Crippen LogP contribution in [0.4, 0.5) is 0 Å². The van der Waals surface area contributed by atoms with Crippen molar-refractivity contribution in [3.63, 3.8) is 0 Å². The van der Waals surface area contributed by atoms with Crippen LogP contribution in [0.2, 0.25) is 0 Å². The van der Waals surface area contributed by atoms with Crippen LogP contribution in [0.5, 0.6) is 0 Å². The zero-order valence-electron chi connectivity index (χ0n) is 18.3. The summed E-state index contributed by atoms with van der Waals surface area (Å²) in [5, 5.41) is 7.07. The Morgan fingerprint density at radius 3 is 2.28 bits per heavy atom. The van der Waals surface area contributed by atoms with Crippen molar-refractivity contribution in [3.05, 3.63) is 78.1 Å². The highest BCUT2D eigenvalue weighted by Crippen LogP contribution is 2.26. The molecule has 2 heterocycles. The Bertz CT molecular complexity index is 1150. The summed E-state index contributed by atoms with van der Waals surface area (Å²) in [6.07, 6.45) is 4.63. The number of amides is 1. The number of rotatable bonds is 6. The molecule has 4 rings (SSSR count). The lowest BCUT2D eigenvalue weighted by Gasteiger charge is -2.34. The van der Waals surface area contributed by atoms with Gasteiger partial charge < -0.3 is 5.32 Å². The average molecular weight is 453 g/mol. The average Bonchev–Trinajstić information content (AvgIpc) is 3.32. The molecule has 0 spiro atoms. The van der Waals surface area contributed by atoms with Gasteiger partial charge in [-0.1, -0.05) is 26.0 Å². The molecule has 8 heteroatoms. The van der Waals surface area contributed by atoms with Gasteiger partial charge in [-0.05, 0) is 66.3 Å². The summed E-state index contributed by atoms with van der Waals surface area (Å²) in [4.78, 5) is 12.8. The van der Waals surface area contributed by atoms with Crippen LogP contribution in [0.1, 0.15) is 36.2 Å². The van der Waals surface area contributed by atoms with Gasteiger partial charge >= 0.3 is 0 Å². The number of hydrogen-bond donors (Lipinski definition) is 1. The highest BCUT2D eigenvalue weighted by atomic mass is 32.2. The molecule has 0 saturated carbocycles. The van der Waals surface area contributed by atoms with E-state index < -0.39 is 10.0 Å². The SMILES string of the molecule is CC1CC(C)CN(S(=O)(=O)c2ccc(C(=O)NCc3ccc(-n4cccn4)cc3)cc2)C1. The first-order valence-corrected chi connectivity index (χ1v) is 12.2. The van der Waals surface area contributed by atoms with Crippen LogP contribution in [0.15, 0.2) is 71.9 Å². The molecule has 0 bridgehead atoms. The van der Waals surface area contributed by atoms with Gasteiger partial charge in [-0.15, -0.1) is 0 Å². The summed E-state index contributed by atoms with van der Waals surface area (Å²) >= 11 is 0. The third-order valence-electron chi connectivity index (χ3n) is 5.75. The van der Waals surface area contributed by atoms with E-state index >= 15 is 0 Å². The van der Waals surface area contributed by atoms with Crippen molar-refractivity contribution in [2.45, 2.75) is 31.7 Å². The van der Waals surface area contributed by atoms with E-state index in [9.17, 15) is 13.2 Å². The maximum atomic E-state index is 13.0. The molecule has 1 aromatic heterocycles. The van der Waals surface area contributed by atoms with E-state index in [1.807, 2.05) is 36.5 Å². The Kier molecular flexibility index (Phi) is 6.43. The number of nitrogens with one attached hydrogen (secondary N) is 1. The number of hydrogen-bond acceptors (Lipinski definition) is 4. The Hall–Kier alpha value is -2.97. The fourth-order valence-electron chi connectivity index (χ4n) is 4.20. The largest absolute Gasteiger partial charge is 0.348 e. The van der Waals surface area contributed by atoms with Crippen molar-refractivity contribution in [1.82, 2.24) is 19.4 Å². The summed E-state index contributed by atoms with van der Waals surface area (Å²) in [6, 6.07) is 15.8. The number of nitrogens with zero attached hydrogens (tertiary/aromatic N) is 3. The van der Waals surface area contributed by atoms with Crippen molar-refractivity contribution in [1.29, 1.82) is 0 Å². The molecule has 1 fully saturated rings. The van der Waals surface area contributed by atoms with E-state index in [1.54, 1.807) is 27.3 Å². The standard InChI is InChI=1S/C24H28N4O3S/c1-18-14-19(2)17-27(16-18)32(30,31)23-10-6-21(7-11-23)24(29)25-15-20-4-8-22(9-5-20)28-13-3-12-26-28/h3-13,18-19H,14-17H2,1-2H3,(H,25,29). The second-order valence-corrected chi connectivity index (χ2v) is 10.5. The summed E-state index contributed by atoms with van der Waals surface area (Å²) in [6.45, 7) is 5.61. The smallest absolute Gasteiger partial charge is 0.251 e. The van der Waals surface area contributed by atoms with Crippen LogP contribution in [-0.4, -0.2) is 41.5 Å². The lowest BCUT2D eigenvalue weighted by Crippen LogP contribution is -2.42. The molecule has 3 aromatic rings. The van der Waals surface area contributed by atoms with Gasteiger partial charge in [0.1, 0.15) is 0 Å². The molecular weight excluding hydrogens is 424 g/mol. The molecule has 0 aliphatic carbocycles. The fraction of sp³-hybridized carbons (Fsp3) is 0.333. The lowest BCUT2D eigenvalue weighted by atomic mass is 9.94. The normalized spacial score (nSPS) is 19.6. The van der Waals surface area contributed by atoms with E-state index in [2.05, 4.69) is 24.3 Å². The summed E-state index contributed by atoms with van der Waals surface area (Å²) in [5.74, 6) is 0.435. The van der Waals surface area contributed by atoms with Crippen molar-refractivity contribution in [2.24, 2.45) is 11.8 Å². The van der Waals surface area contributed by atoms with Crippen LogP contribution in [0.3, 0.4) is 0 Å². The maximum absolute atomic E-state index is 13.0. The summed E-state index contributed by atoms with van der Waals surface area (Å²) < 4.78 is 29.3. The first-order chi connectivity index (χ1) is 15.3. The Morgan fingerprint density at radius 2 is 1.69 bits per heavy atom. The zero-order chi connectivity index (χ0) is 22.7. The monoisotopic (exact) mass is 452 g/mol. The predicted octanol–water partition coefficient (Wildman–Crippen LogP) is 3.47. The minimum atomic E-state index is -3.55. The second kappa shape index (κ2) is 9.26. The van der Waals surface area contributed by atoms with Gasteiger partial charge in [-0.25, -0.2) is 13.1 Å². The maximum Gasteiger partial charge on any atom is 0.251 e. The number of carbonyl (C=O) groups is 1. The second-order valence-electron chi connectivity index (χ2n) is 8.59. The first-order valence-electron chi connectivity index (χ1n) is 10.8. The highest BCUT2D eigenvalue weighted by molar-refractivity contribution is 7.89. The molecule has 1 amide bonds. The third kappa shape index (κ3) is 4.92. The van der Waals surface area contributed by atoms with E-state index in [4.69, 9.17) is 0 Å². The number of piperidine rings is 1. The third-order valence-corrected chi connectivity index (χ3v) is 7.59. The van der Waals surface area contributed by atoms with Gasteiger partial charge in [-0.3, -0.25) is 4.79 Å². The van der Waals surface area contributed by atoms with Crippen molar-refractivity contribution in [2.75, 3.05) is 13.1 Å². The molecule has 1 N–H and O–H groups in total. The van der Waals surface area contributed by atoms with E-state index in [0.29, 0.717) is 37.0 Å². The minimum absolute atomic E-state index is 0.226. The molecule has 2 aromatic carbocycles. The fourth-order valence-corrected chi connectivity index (χ4v) is 5.88. The molecule has 32 heavy (non-hydrogen) atoms. The van der Waals surface area contributed by atoms with Crippen LogP contribution in [-0.2, 0) is 16.6 Å².